The molecule has 0 amide bonds. The van der Waals surface area contributed by atoms with Gasteiger partial charge in [0.15, 0.2) is 11.5 Å². The van der Waals surface area contributed by atoms with E-state index in [0.29, 0.717) is 29.2 Å². The van der Waals surface area contributed by atoms with Gasteiger partial charge in [-0.25, -0.2) is 0 Å². The zero-order chi connectivity index (χ0) is 15.2. The number of ether oxygens (including phenoxy) is 3. The van der Waals surface area contributed by atoms with Crippen LogP contribution in [0.5, 0.6) is 11.5 Å². The van der Waals surface area contributed by atoms with Gasteiger partial charge in [-0.2, -0.15) is 0 Å². The fourth-order valence-electron chi connectivity index (χ4n) is 2.47. The summed E-state index contributed by atoms with van der Waals surface area (Å²) in [7, 11) is 1.63. The van der Waals surface area contributed by atoms with Crippen molar-refractivity contribution in [2.45, 2.75) is 45.4 Å². The fraction of sp³-hybridized carbons (Fsp3) is 0.625. The van der Waals surface area contributed by atoms with Crippen LogP contribution in [0.2, 0.25) is 5.02 Å². The van der Waals surface area contributed by atoms with Crippen LogP contribution < -0.4 is 14.8 Å². The summed E-state index contributed by atoms with van der Waals surface area (Å²) < 4.78 is 17.0. The van der Waals surface area contributed by atoms with Crippen molar-refractivity contribution < 1.29 is 14.2 Å². The standard InChI is InChI=1S/C16H24ClNO3/c1-4-18-9-12-7-14(17)16(15(8-12)19-3)20-10-13-6-5-11(2)21-13/h7-8,11,13,18H,4-6,9-10H2,1-3H3. The topological polar surface area (TPSA) is 39.7 Å². The van der Waals surface area contributed by atoms with Crippen molar-refractivity contribution in [1.29, 1.82) is 0 Å². The minimum atomic E-state index is 0.141. The van der Waals surface area contributed by atoms with E-state index in [-0.39, 0.29) is 6.10 Å². The summed E-state index contributed by atoms with van der Waals surface area (Å²) in [5.74, 6) is 1.27. The molecule has 0 saturated carbocycles. The molecule has 0 bridgehead atoms. The number of rotatable bonds is 7. The van der Waals surface area contributed by atoms with Gasteiger partial charge in [0.1, 0.15) is 6.61 Å². The van der Waals surface area contributed by atoms with Crippen LogP contribution in [0.3, 0.4) is 0 Å². The van der Waals surface area contributed by atoms with E-state index in [1.54, 1.807) is 7.11 Å². The number of benzene rings is 1. The zero-order valence-corrected chi connectivity index (χ0v) is 13.7. The van der Waals surface area contributed by atoms with Gasteiger partial charge in [0.2, 0.25) is 0 Å². The van der Waals surface area contributed by atoms with E-state index < -0.39 is 0 Å². The van der Waals surface area contributed by atoms with E-state index in [2.05, 4.69) is 19.2 Å². The number of methoxy groups -OCH3 is 1. The van der Waals surface area contributed by atoms with Crippen molar-refractivity contribution in [2.24, 2.45) is 0 Å². The van der Waals surface area contributed by atoms with Crippen molar-refractivity contribution in [1.82, 2.24) is 5.32 Å². The average molecular weight is 314 g/mol. The van der Waals surface area contributed by atoms with Gasteiger partial charge in [-0.05, 0) is 44.0 Å². The van der Waals surface area contributed by atoms with Crippen molar-refractivity contribution in [3.05, 3.63) is 22.7 Å². The number of nitrogens with one attached hydrogen (secondary N) is 1. The summed E-state index contributed by atoms with van der Waals surface area (Å²) in [5, 5.41) is 3.85. The molecular formula is C16H24ClNO3. The third-order valence-electron chi connectivity index (χ3n) is 3.60. The lowest BCUT2D eigenvalue weighted by Gasteiger charge is -2.17. The molecule has 1 saturated heterocycles. The van der Waals surface area contributed by atoms with Gasteiger partial charge in [-0.1, -0.05) is 18.5 Å². The van der Waals surface area contributed by atoms with Crippen LogP contribution in [0.15, 0.2) is 12.1 Å². The Morgan fingerprint density at radius 1 is 1.38 bits per heavy atom. The van der Waals surface area contributed by atoms with Crippen LogP contribution in [0, 0.1) is 0 Å². The third-order valence-corrected chi connectivity index (χ3v) is 3.88. The molecule has 1 aromatic carbocycles. The predicted octanol–water partition coefficient (Wildman–Crippen LogP) is 3.40. The summed E-state index contributed by atoms with van der Waals surface area (Å²) in [5.41, 5.74) is 1.08. The smallest absolute Gasteiger partial charge is 0.179 e. The van der Waals surface area contributed by atoms with Crippen LogP contribution >= 0.6 is 11.6 Å². The minimum absolute atomic E-state index is 0.141. The number of hydrogen-bond acceptors (Lipinski definition) is 4. The van der Waals surface area contributed by atoms with Crippen LogP contribution in [-0.4, -0.2) is 32.5 Å². The SMILES string of the molecule is CCNCc1cc(Cl)c(OCC2CCC(C)O2)c(OC)c1. The second-order valence-electron chi connectivity index (χ2n) is 5.35. The lowest BCUT2D eigenvalue weighted by Crippen LogP contribution is -2.18. The first kappa shape index (κ1) is 16.4. The molecule has 0 spiro atoms. The molecule has 1 heterocycles. The van der Waals surface area contributed by atoms with Gasteiger partial charge >= 0.3 is 0 Å². The van der Waals surface area contributed by atoms with E-state index in [1.165, 1.54) is 0 Å². The monoisotopic (exact) mass is 313 g/mol. The molecule has 0 radical (unpaired) electrons. The van der Waals surface area contributed by atoms with Gasteiger partial charge in [0, 0.05) is 6.54 Å². The molecule has 2 unspecified atom stereocenters. The molecule has 0 aliphatic carbocycles. The summed E-state index contributed by atoms with van der Waals surface area (Å²) >= 11 is 6.33. The Hall–Kier alpha value is -0.970. The summed E-state index contributed by atoms with van der Waals surface area (Å²) in [6, 6.07) is 3.88. The molecule has 2 rings (SSSR count). The Morgan fingerprint density at radius 3 is 2.81 bits per heavy atom. The highest BCUT2D eigenvalue weighted by Crippen LogP contribution is 2.37. The van der Waals surface area contributed by atoms with E-state index in [1.807, 2.05) is 12.1 Å². The third kappa shape index (κ3) is 4.50. The summed E-state index contributed by atoms with van der Waals surface area (Å²) in [6.07, 6.45) is 2.57. The second kappa shape index (κ2) is 7.87. The predicted molar refractivity (Wildman–Crippen MR) is 84.4 cm³/mol. The Kier molecular flexibility index (Phi) is 6.15. The Labute approximate surface area is 131 Å². The maximum atomic E-state index is 6.33. The van der Waals surface area contributed by atoms with E-state index in [4.69, 9.17) is 25.8 Å². The van der Waals surface area contributed by atoms with Crippen molar-refractivity contribution in [3.8, 4) is 11.5 Å². The molecule has 21 heavy (non-hydrogen) atoms. The summed E-state index contributed by atoms with van der Waals surface area (Å²) in [6.45, 7) is 6.33. The van der Waals surface area contributed by atoms with Gasteiger partial charge in [0.25, 0.3) is 0 Å². The van der Waals surface area contributed by atoms with Crippen LogP contribution in [0.4, 0.5) is 0 Å². The molecule has 1 aliphatic heterocycles. The van der Waals surface area contributed by atoms with Gasteiger partial charge < -0.3 is 19.5 Å². The molecule has 1 aliphatic rings. The highest BCUT2D eigenvalue weighted by Gasteiger charge is 2.23. The van der Waals surface area contributed by atoms with Crippen LogP contribution in [0.25, 0.3) is 0 Å². The quantitative estimate of drug-likeness (QED) is 0.837. The molecule has 118 valence electrons. The molecule has 0 aromatic heterocycles. The first-order valence-electron chi connectivity index (χ1n) is 7.49. The molecule has 1 N–H and O–H groups in total. The molecule has 1 fully saturated rings. The lowest BCUT2D eigenvalue weighted by atomic mass is 10.2. The van der Waals surface area contributed by atoms with Crippen molar-refractivity contribution >= 4 is 11.6 Å². The molecular weight excluding hydrogens is 290 g/mol. The fourth-order valence-corrected chi connectivity index (χ4v) is 2.76. The van der Waals surface area contributed by atoms with E-state index >= 15 is 0 Å². The Balaban J connectivity index is 2.03. The first-order valence-corrected chi connectivity index (χ1v) is 7.87. The molecule has 2 atom stereocenters. The normalized spacial score (nSPS) is 21.5. The summed E-state index contributed by atoms with van der Waals surface area (Å²) in [4.78, 5) is 0. The maximum Gasteiger partial charge on any atom is 0.179 e. The second-order valence-corrected chi connectivity index (χ2v) is 5.75. The lowest BCUT2D eigenvalue weighted by molar-refractivity contribution is 0.0259. The minimum Gasteiger partial charge on any atom is -0.493 e. The molecule has 5 heteroatoms. The van der Waals surface area contributed by atoms with Gasteiger partial charge in [0.05, 0.1) is 24.3 Å². The first-order chi connectivity index (χ1) is 10.1. The average Bonchev–Trinajstić information content (AvgIpc) is 2.89. The van der Waals surface area contributed by atoms with E-state index in [0.717, 1.165) is 31.5 Å². The highest BCUT2D eigenvalue weighted by molar-refractivity contribution is 6.32. The van der Waals surface area contributed by atoms with Gasteiger partial charge in [-0.3, -0.25) is 0 Å². The largest absolute Gasteiger partial charge is 0.493 e. The van der Waals surface area contributed by atoms with Crippen molar-refractivity contribution in [3.63, 3.8) is 0 Å². The number of halogens is 1. The Morgan fingerprint density at radius 2 is 2.19 bits per heavy atom. The van der Waals surface area contributed by atoms with Crippen molar-refractivity contribution in [2.75, 3.05) is 20.3 Å². The van der Waals surface area contributed by atoms with Gasteiger partial charge in [-0.15, -0.1) is 0 Å². The highest BCUT2D eigenvalue weighted by atomic mass is 35.5. The Bertz CT molecular complexity index is 467. The zero-order valence-electron chi connectivity index (χ0n) is 12.9. The molecule has 1 aromatic rings. The van der Waals surface area contributed by atoms with Crippen LogP contribution in [-0.2, 0) is 11.3 Å². The van der Waals surface area contributed by atoms with Crippen LogP contribution in [0.1, 0.15) is 32.3 Å². The molecule has 4 nitrogen and oxygen atoms in total. The van der Waals surface area contributed by atoms with E-state index in [9.17, 15) is 0 Å². The maximum absolute atomic E-state index is 6.33. The number of hydrogen-bond donors (Lipinski definition) is 1.